The van der Waals surface area contributed by atoms with E-state index in [1.807, 2.05) is 0 Å². The van der Waals surface area contributed by atoms with Crippen LogP contribution in [0.5, 0.6) is 0 Å². The number of carboxylic acid groups (broad SMARTS) is 2. The lowest BCUT2D eigenvalue weighted by Crippen LogP contribution is -2.20. The van der Waals surface area contributed by atoms with E-state index in [1.54, 1.807) is 0 Å². The number of carboxylic acids is 2. The number of carbonyl (C=O) groups is 4. The maximum atomic E-state index is 12.6. The number of ether oxygens (including phenoxy) is 2. The monoisotopic (exact) mass is 701 g/mol. The van der Waals surface area contributed by atoms with Crippen molar-refractivity contribution in [1.82, 2.24) is 0 Å². The largest absolute Gasteiger partial charge is 0.481 e. The van der Waals surface area contributed by atoms with Crippen LogP contribution in [0.4, 0.5) is 0 Å². The van der Waals surface area contributed by atoms with Gasteiger partial charge in [-0.2, -0.15) is 0 Å². The highest BCUT2D eigenvalue weighted by Crippen LogP contribution is 2.19. The summed E-state index contributed by atoms with van der Waals surface area (Å²) in [6.45, 7) is 8.94. The van der Waals surface area contributed by atoms with Crippen molar-refractivity contribution in [2.45, 2.75) is 240 Å². The molecule has 0 aliphatic carbocycles. The molecule has 2 N–H and O–H groups in total. The van der Waals surface area contributed by atoms with E-state index in [-0.39, 0.29) is 50.8 Å². The highest BCUT2D eigenvalue weighted by molar-refractivity contribution is 5.72. The standard InChI is InChI=1S/C35H68O4.C5H8O4.CH4/c1-5-9-13-17-21-26-32(27-22-18-14-10-6-2)38-34(36)30-25-31-35(37)39-33(28-23-19-15-11-7-3)29-24-20-16-12-8-4;6-4(7)2-1-3-5(8)9;/h32-33H,5-31H2,1-4H3;1-3H2,(H,6,7)(H,8,9);1H4. The summed E-state index contributed by atoms with van der Waals surface area (Å²) in [7, 11) is 0. The molecule has 0 aromatic rings. The fourth-order valence-corrected chi connectivity index (χ4v) is 5.68. The first-order valence-corrected chi connectivity index (χ1v) is 20.0. The molecule has 0 amide bonds. The van der Waals surface area contributed by atoms with Crippen molar-refractivity contribution in [3.8, 4) is 0 Å². The Bertz CT molecular complexity index is 666. The van der Waals surface area contributed by atoms with E-state index in [1.165, 1.54) is 103 Å². The van der Waals surface area contributed by atoms with Crippen LogP contribution in [-0.4, -0.2) is 46.3 Å². The molecule has 0 saturated heterocycles. The first-order valence-electron chi connectivity index (χ1n) is 20.0. The zero-order chi connectivity index (χ0) is 36.1. The number of unbranched alkanes of at least 4 members (excludes halogenated alkanes) is 16. The molecule has 0 bridgehead atoms. The van der Waals surface area contributed by atoms with Gasteiger partial charge in [-0.05, 0) is 64.2 Å². The van der Waals surface area contributed by atoms with Gasteiger partial charge in [-0.25, -0.2) is 0 Å². The average Bonchev–Trinajstić information content (AvgIpc) is 3.04. The Morgan fingerprint density at radius 2 is 0.633 bits per heavy atom. The van der Waals surface area contributed by atoms with Crippen molar-refractivity contribution in [1.29, 1.82) is 0 Å². The SMILES string of the molecule is C.CCCCCCCC(CCCCCCC)OC(=O)CCCC(=O)OC(CCCCCCC)CCCCCCC.O=C(O)CCCC(=O)O. The molecule has 0 radical (unpaired) electrons. The fourth-order valence-electron chi connectivity index (χ4n) is 5.68. The van der Waals surface area contributed by atoms with E-state index in [0.29, 0.717) is 19.3 Å². The van der Waals surface area contributed by atoms with Crippen LogP contribution >= 0.6 is 0 Å². The van der Waals surface area contributed by atoms with Crippen LogP contribution in [0.25, 0.3) is 0 Å². The van der Waals surface area contributed by atoms with Crippen LogP contribution in [0.1, 0.15) is 228 Å². The van der Waals surface area contributed by atoms with Crippen LogP contribution in [0.15, 0.2) is 0 Å². The van der Waals surface area contributed by atoms with Crippen LogP contribution in [0.3, 0.4) is 0 Å². The first kappa shape index (κ1) is 51.3. The van der Waals surface area contributed by atoms with Gasteiger partial charge in [0.1, 0.15) is 12.2 Å². The second-order valence-corrected chi connectivity index (χ2v) is 13.5. The Morgan fingerprint density at radius 1 is 0.388 bits per heavy atom. The lowest BCUT2D eigenvalue weighted by molar-refractivity contribution is -0.152. The second kappa shape index (κ2) is 40.3. The maximum absolute atomic E-state index is 12.6. The zero-order valence-electron chi connectivity index (χ0n) is 31.7. The molecule has 0 aromatic heterocycles. The number of rotatable bonds is 34. The third kappa shape index (κ3) is 42.0. The highest BCUT2D eigenvalue weighted by atomic mass is 16.5. The maximum Gasteiger partial charge on any atom is 0.306 e. The van der Waals surface area contributed by atoms with Crippen molar-refractivity contribution in [2.75, 3.05) is 0 Å². The summed E-state index contributed by atoms with van der Waals surface area (Å²) in [5.41, 5.74) is 0. The average molecular weight is 701 g/mol. The van der Waals surface area contributed by atoms with Gasteiger partial charge in [0.25, 0.3) is 0 Å². The van der Waals surface area contributed by atoms with E-state index in [9.17, 15) is 19.2 Å². The van der Waals surface area contributed by atoms with Gasteiger partial charge in [-0.3, -0.25) is 19.2 Å². The third-order valence-electron chi connectivity index (χ3n) is 8.66. The zero-order valence-corrected chi connectivity index (χ0v) is 31.7. The van der Waals surface area contributed by atoms with Crippen LogP contribution in [-0.2, 0) is 28.7 Å². The van der Waals surface area contributed by atoms with E-state index in [4.69, 9.17) is 19.7 Å². The van der Waals surface area contributed by atoms with E-state index >= 15 is 0 Å². The van der Waals surface area contributed by atoms with E-state index in [2.05, 4.69) is 27.7 Å². The molecule has 0 atom stereocenters. The minimum atomic E-state index is -0.948. The molecule has 0 heterocycles. The molecular formula is C41H80O8. The predicted molar refractivity (Wildman–Crippen MR) is 203 cm³/mol. The van der Waals surface area contributed by atoms with Gasteiger partial charge in [-0.15, -0.1) is 0 Å². The molecule has 0 aliphatic rings. The molecule has 292 valence electrons. The molecule has 0 unspecified atom stereocenters. The van der Waals surface area contributed by atoms with Crippen LogP contribution in [0, 0.1) is 0 Å². The molecule has 8 nitrogen and oxygen atoms in total. The molecule has 0 saturated carbocycles. The third-order valence-corrected chi connectivity index (χ3v) is 8.66. The van der Waals surface area contributed by atoms with Crippen molar-refractivity contribution in [3.63, 3.8) is 0 Å². The molecular weight excluding hydrogens is 620 g/mol. The lowest BCUT2D eigenvalue weighted by Gasteiger charge is -2.19. The number of hydrogen-bond donors (Lipinski definition) is 2. The summed E-state index contributed by atoms with van der Waals surface area (Å²) in [6, 6.07) is 0. The fraction of sp³-hybridized carbons (Fsp3) is 0.902. The smallest absolute Gasteiger partial charge is 0.306 e. The van der Waals surface area contributed by atoms with Gasteiger partial charge in [-0.1, -0.05) is 138 Å². The van der Waals surface area contributed by atoms with Crippen molar-refractivity contribution in [3.05, 3.63) is 0 Å². The van der Waals surface area contributed by atoms with Gasteiger partial charge in [0.2, 0.25) is 0 Å². The molecule has 0 fully saturated rings. The van der Waals surface area contributed by atoms with Crippen molar-refractivity contribution < 1.29 is 38.9 Å². The first-order chi connectivity index (χ1) is 23.2. The summed E-state index contributed by atoms with van der Waals surface area (Å²) >= 11 is 0. The number of hydrogen-bond acceptors (Lipinski definition) is 6. The summed E-state index contributed by atoms with van der Waals surface area (Å²) < 4.78 is 11.8. The van der Waals surface area contributed by atoms with Crippen LogP contribution < -0.4 is 0 Å². The molecule has 0 aliphatic heterocycles. The van der Waals surface area contributed by atoms with Gasteiger partial charge >= 0.3 is 23.9 Å². The molecule has 49 heavy (non-hydrogen) atoms. The van der Waals surface area contributed by atoms with E-state index in [0.717, 1.165) is 51.4 Å². The summed E-state index contributed by atoms with van der Waals surface area (Å²) in [6.07, 6.45) is 29.9. The topological polar surface area (TPSA) is 127 Å². The van der Waals surface area contributed by atoms with Gasteiger partial charge in [0.15, 0.2) is 0 Å². The number of carbonyl (C=O) groups excluding carboxylic acids is 2. The quantitative estimate of drug-likeness (QED) is 0.0501. The second-order valence-electron chi connectivity index (χ2n) is 13.5. The summed E-state index contributed by atoms with van der Waals surface area (Å²) in [5, 5.41) is 16.1. The van der Waals surface area contributed by atoms with Gasteiger partial charge < -0.3 is 19.7 Å². The summed E-state index contributed by atoms with van der Waals surface area (Å²) in [4.78, 5) is 44.8. The minimum absolute atomic E-state index is 0. The Kier molecular flexibility index (Phi) is 42.2. The van der Waals surface area contributed by atoms with Crippen LogP contribution in [0.2, 0.25) is 0 Å². The summed E-state index contributed by atoms with van der Waals surface area (Å²) in [5.74, 6) is -2.18. The minimum Gasteiger partial charge on any atom is -0.481 e. The normalized spacial score (nSPS) is 10.7. The highest BCUT2D eigenvalue weighted by Gasteiger charge is 2.17. The molecule has 0 spiro atoms. The molecule has 0 aromatic carbocycles. The number of aliphatic carboxylic acids is 2. The molecule has 8 heteroatoms. The predicted octanol–water partition coefficient (Wildman–Crippen LogP) is 12.4. The Balaban J connectivity index is -0.00000184. The Morgan fingerprint density at radius 3 is 0.878 bits per heavy atom. The number of esters is 2. The van der Waals surface area contributed by atoms with Gasteiger partial charge in [0.05, 0.1) is 0 Å². The van der Waals surface area contributed by atoms with Crippen molar-refractivity contribution >= 4 is 23.9 Å². The van der Waals surface area contributed by atoms with Gasteiger partial charge in [0, 0.05) is 25.7 Å². The Hall–Kier alpha value is -2.12. The lowest BCUT2D eigenvalue weighted by atomic mass is 10.0. The Labute approximate surface area is 302 Å². The van der Waals surface area contributed by atoms with Crippen molar-refractivity contribution in [2.24, 2.45) is 0 Å². The van der Waals surface area contributed by atoms with E-state index < -0.39 is 11.9 Å². The molecule has 0 rings (SSSR count).